The summed E-state index contributed by atoms with van der Waals surface area (Å²) in [7, 11) is 3.68. The van der Waals surface area contributed by atoms with Gasteiger partial charge >= 0.3 is 0 Å². The van der Waals surface area contributed by atoms with Crippen LogP contribution in [0.3, 0.4) is 0 Å². The number of para-hydroxylation sites is 1. The van der Waals surface area contributed by atoms with E-state index in [4.69, 9.17) is 4.74 Å². The van der Waals surface area contributed by atoms with E-state index in [1.807, 2.05) is 42.5 Å². The van der Waals surface area contributed by atoms with Gasteiger partial charge in [0.25, 0.3) is 0 Å². The summed E-state index contributed by atoms with van der Waals surface area (Å²) >= 11 is 1.31. The van der Waals surface area contributed by atoms with E-state index in [1.54, 1.807) is 7.11 Å². The van der Waals surface area contributed by atoms with Crippen LogP contribution in [-0.4, -0.2) is 54.1 Å². The number of H-pyrrole nitrogens is 1. The predicted octanol–water partition coefficient (Wildman–Crippen LogP) is 3.22. The highest BCUT2D eigenvalue weighted by Crippen LogP contribution is 2.21. The molecule has 0 aliphatic carbocycles. The van der Waals surface area contributed by atoms with Gasteiger partial charge < -0.3 is 15.0 Å². The van der Waals surface area contributed by atoms with Crippen LogP contribution in [0.25, 0.3) is 11.4 Å². The van der Waals surface area contributed by atoms with Crippen molar-refractivity contribution in [3.05, 3.63) is 54.6 Å². The fourth-order valence-electron chi connectivity index (χ4n) is 2.73. The van der Waals surface area contributed by atoms with Gasteiger partial charge in [0.05, 0.1) is 12.9 Å². The minimum absolute atomic E-state index is 0.0202. The minimum atomic E-state index is -0.0202. The molecule has 0 bridgehead atoms. The molecule has 0 aliphatic rings. The summed E-state index contributed by atoms with van der Waals surface area (Å²) in [4.78, 5) is 18.7. The molecule has 152 valence electrons. The molecule has 2 N–H and O–H groups in total. The normalized spacial score (nSPS) is 10.6. The second-order valence-corrected chi connectivity index (χ2v) is 7.39. The number of methoxy groups -OCH3 is 1. The molecule has 29 heavy (non-hydrogen) atoms. The molecule has 0 atom stereocenters. The molecule has 0 radical (unpaired) electrons. The molecule has 7 nitrogen and oxygen atoms in total. The molecule has 3 rings (SSSR count). The zero-order chi connectivity index (χ0) is 20.5. The highest BCUT2D eigenvalue weighted by Gasteiger charge is 2.09. The van der Waals surface area contributed by atoms with Gasteiger partial charge in [-0.3, -0.25) is 9.89 Å². The van der Waals surface area contributed by atoms with Crippen LogP contribution in [0, 0.1) is 0 Å². The average Bonchev–Trinajstić information content (AvgIpc) is 3.25. The largest absolute Gasteiger partial charge is 0.497 e. The minimum Gasteiger partial charge on any atom is -0.497 e. The number of anilines is 1. The lowest BCUT2D eigenvalue weighted by Crippen LogP contribution is -2.29. The van der Waals surface area contributed by atoms with E-state index in [9.17, 15) is 4.79 Å². The Morgan fingerprint density at radius 3 is 2.66 bits per heavy atom. The number of hydrogen-bond acceptors (Lipinski definition) is 6. The van der Waals surface area contributed by atoms with E-state index in [-0.39, 0.29) is 11.7 Å². The molecule has 0 saturated heterocycles. The third kappa shape index (κ3) is 6.25. The molecular formula is C21H25N5O2S. The lowest BCUT2D eigenvalue weighted by molar-refractivity contribution is -0.118. The molecule has 3 aromatic rings. The Hall–Kier alpha value is -3.00. The number of rotatable bonds is 10. The summed E-state index contributed by atoms with van der Waals surface area (Å²) in [5.74, 6) is 1.72. The zero-order valence-corrected chi connectivity index (χ0v) is 17.4. The summed E-state index contributed by atoms with van der Waals surface area (Å²) in [5.41, 5.74) is 2.09. The summed E-state index contributed by atoms with van der Waals surface area (Å²) < 4.78 is 5.15. The van der Waals surface area contributed by atoms with Crippen molar-refractivity contribution in [1.82, 2.24) is 20.5 Å². The quantitative estimate of drug-likeness (QED) is 0.394. The van der Waals surface area contributed by atoms with Gasteiger partial charge in [0.2, 0.25) is 11.1 Å². The summed E-state index contributed by atoms with van der Waals surface area (Å²) in [5, 5.41) is 10.6. The van der Waals surface area contributed by atoms with Gasteiger partial charge in [0.15, 0.2) is 5.82 Å². The van der Waals surface area contributed by atoms with E-state index < -0.39 is 0 Å². The Morgan fingerprint density at radius 2 is 1.93 bits per heavy atom. The van der Waals surface area contributed by atoms with Crippen molar-refractivity contribution >= 4 is 23.4 Å². The molecular weight excluding hydrogens is 386 g/mol. The van der Waals surface area contributed by atoms with Gasteiger partial charge in [-0.15, -0.1) is 5.10 Å². The second-order valence-electron chi connectivity index (χ2n) is 6.44. The third-order valence-corrected chi connectivity index (χ3v) is 5.20. The Morgan fingerprint density at radius 1 is 1.17 bits per heavy atom. The number of nitrogens with one attached hydrogen (secondary N) is 2. The van der Waals surface area contributed by atoms with Crippen LogP contribution in [-0.2, 0) is 4.79 Å². The van der Waals surface area contributed by atoms with Crippen molar-refractivity contribution < 1.29 is 9.53 Å². The van der Waals surface area contributed by atoms with E-state index >= 15 is 0 Å². The van der Waals surface area contributed by atoms with Gasteiger partial charge in [0, 0.05) is 31.4 Å². The van der Waals surface area contributed by atoms with Crippen LogP contribution in [0.15, 0.2) is 59.8 Å². The number of hydrogen-bond donors (Lipinski definition) is 2. The van der Waals surface area contributed by atoms with E-state index in [0.29, 0.717) is 17.5 Å². The number of ether oxygens (including phenoxy) is 1. The van der Waals surface area contributed by atoms with Crippen molar-refractivity contribution in [3.63, 3.8) is 0 Å². The first kappa shape index (κ1) is 20.7. The van der Waals surface area contributed by atoms with Gasteiger partial charge in [-0.25, -0.2) is 4.98 Å². The number of aromatic nitrogens is 3. The van der Waals surface area contributed by atoms with Crippen molar-refractivity contribution in [3.8, 4) is 17.1 Å². The maximum atomic E-state index is 12.1. The average molecular weight is 412 g/mol. The van der Waals surface area contributed by atoms with Gasteiger partial charge in [-0.1, -0.05) is 30.0 Å². The fourth-order valence-corrected chi connectivity index (χ4v) is 3.35. The fraction of sp³-hybridized carbons (Fsp3) is 0.286. The van der Waals surface area contributed by atoms with Crippen LogP contribution in [0.4, 0.5) is 5.69 Å². The predicted molar refractivity (Wildman–Crippen MR) is 116 cm³/mol. The van der Waals surface area contributed by atoms with E-state index in [1.165, 1.54) is 17.4 Å². The maximum Gasteiger partial charge on any atom is 0.230 e. The highest BCUT2D eigenvalue weighted by molar-refractivity contribution is 7.99. The van der Waals surface area contributed by atoms with Gasteiger partial charge in [0.1, 0.15) is 5.75 Å². The Balaban J connectivity index is 1.37. The number of benzene rings is 2. The molecule has 0 unspecified atom stereocenters. The zero-order valence-electron chi connectivity index (χ0n) is 16.6. The number of carbonyl (C=O) groups is 1. The topological polar surface area (TPSA) is 83.1 Å². The molecule has 0 fully saturated rings. The molecule has 1 amide bonds. The van der Waals surface area contributed by atoms with Gasteiger partial charge in [-0.2, -0.15) is 0 Å². The molecule has 0 spiro atoms. The first-order valence-electron chi connectivity index (χ1n) is 9.38. The monoisotopic (exact) mass is 411 g/mol. The molecule has 0 aliphatic heterocycles. The van der Waals surface area contributed by atoms with E-state index in [2.05, 4.69) is 44.6 Å². The van der Waals surface area contributed by atoms with Gasteiger partial charge in [-0.05, 0) is 42.8 Å². The molecule has 8 heteroatoms. The smallest absolute Gasteiger partial charge is 0.230 e. The molecule has 1 heterocycles. The summed E-state index contributed by atoms with van der Waals surface area (Å²) in [6.45, 7) is 1.52. The van der Waals surface area contributed by atoms with Crippen LogP contribution >= 0.6 is 11.8 Å². The first-order valence-corrected chi connectivity index (χ1v) is 10.4. The molecule has 1 aromatic heterocycles. The highest BCUT2D eigenvalue weighted by atomic mass is 32.2. The molecule has 0 saturated carbocycles. The number of aromatic amines is 1. The number of thioether (sulfide) groups is 1. The maximum absolute atomic E-state index is 12.1. The Labute approximate surface area is 174 Å². The second kappa shape index (κ2) is 10.5. The summed E-state index contributed by atoms with van der Waals surface area (Å²) in [6.07, 6.45) is 0.879. The Bertz CT molecular complexity index is 899. The lowest BCUT2D eigenvalue weighted by Gasteiger charge is -2.19. The molecule has 2 aromatic carbocycles. The standard InChI is InChI=1S/C21H25N5O2S/c1-26(17-7-4-3-5-8-17)14-6-13-22-19(27)15-29-21-23-20(24-25-21)16-9-11-18(28-2)12-10-16/h3-5,7-12H,6,13-15H2,1-2H3,(H,22,27)(H,23,24,25). The van der Waals surface area contributed by atoms with Crippen molar-refractivity contribution in [2.75, 3.05) is 37.9 Å². The van der Waals surface area contributed by atoms with Crippen LogP contribution in [0.1, 0.15) is 6.42 Å². The number of amides is 1. The van der Waals surface area contributed by atoms with Crippen LogP contribution in [0.2, 0.25) is 0 Å². The SMILES string of the molecule is COc1ccc(-c2nc(SCC(=O)NCCCN(C)c3ccccc3)n[nH]2)cc1. The lowest BCUT2D eigenvalue weighted by atomic mass is 10.2. The number of carbonyl (C=O) groups excluding carboxylic acids is 1. The summed E-state index contributed by atoms with van der Waals surface area (Å²) in [6, 6.07) is 17.8. The van der Waals surface area contributed by atoms with Crippen molar-refractivity contribution in [2.24, 2.45) is 0 Å². The van der Waals surface area contributed by atoms with Crippen molar-refractivity contribution in [1.29, 1.82) is 0 Å². The third-order valence-electron chi connectivity index (χ3n) is 4.35. The van der Waals surface area contributed by atoms with Crippen LogP contribution in [0.5, 0.6) is 5.75 Å². The van der Waals surface area contributed by atoms with Crippen molar-refractivity contribution in [2.45, 2.75) is 11.6 Å². The van der Waals surface area contributed by atoms with Crippen LogP contribution < -0.4 is 15.0 Å². The Kier molecular flexibility index (Phi) is 7.52. The van der Waals surface area contributed by atoms with E-state index in [0.717, 1.165) is 24.3 Å². The number of nitrogens with zero attached hydrogens (tertiary/aromatic N) is 3. The first-order chi connectivity index (χ1) is 14.2.